The molecule has 0 radical (unpaired) electrons. The Hall–Kier alpha value is -2.60. The predicted molar refractivity (Wildman–Crippen MR) is 95.7 cm³/mol. The number of rotatable bonds is 4. The molecule has 0 saturated heterocycles. The van der Waals surface area contributed by atoms with Crippen molar-refractivity contribution in [2.75, 3.05) is 0 Å². The number of fused-ring (bicyclic) bond motifs is 2. The first-order chi connectivity index (χ1) is 11.6. The van der Waals surface area contributed by atoms with E-state index in [4.69, 9.17) is 0 Å². The molecule has 0 aliphatic rings. The summed E-state index contributed by atoms with van der Waals surface area (Å²) in [5.74, 6) is 0.0997. The van der Waals surface area contributed by atoms with E-state index in [9.17, 15) is 4.79 Å². The average molecular weight is 336 g/mol. The van der Waals surface area contributed by atoms with Crippen LogP contribution in [0, 0.1) is 6.92 Å². The van der Waals surface area contributed by atoms with Crippen LogP contribution in [0.15, 0.2) is 53.8 Å². The van der Waals surface area contributed by atoms with Gasteiger partial charge in [-0.05, 0) is 32.0 Å². The molecule has 3 heterocycles. The Morgan fingerprint density at radius 2 is 1.96 bits per heavy atom. The summed E-state index contributed by atoms with van der Waals surface area (Å²) in [6, 6.07) is 13.6. The van der Waals surface area contributed by atoms with Gasteiger partial charge in [0.1, 0.15) is 0 Å². The number of aryl methyl sites for hydroxylation is 1. The highest BCUT2D eigenvalue weighted by Gasteiger charge is 2.23. The molecular weight excluding hydrogens is 320 g/mol. The zero-order valence-electron chi connectivity index (χ0n) is 13.4. The van der Waals surface area contributed by atoms with Gasteiger partial charge in [-0.3, -0.25) is 9.20 Å². The summed E-state index contributed by atoms with van der Waals surface area (Å²) in [5.41, 5.74) is 3.44. The number of hydrogen-bond donors (Lipinski definition) is 1. The molecule has 0 amide bonds. The van der Waals surface area contributed by atoms with Gasteiger partial charge in [-0.15, -0.1) is 10.2 Å². The maximum absolute atomic E-state index is 13.0. The summed E-state index contributed by atoms with van der Waals surface area (Å²) >= 11 is 1.43. The molecule has 0 fully saturated rings. The topological polar surface area (TPSA) is 63.0 Å². The third kappa shape index (κ3) is 2.39. The lowest BCUT2D eigenvalue weighted by Gasteiger charge is -2.09. The molecule has 1 aromatic carbocycles. The van der Waals surface area contributed by atoms with Crippen molar-refractivity contribution in [2.24, 2.45) is 0 Å². The molecule has 1 atom stereocenters. The molecule has 5 nitrogen and oxygen atoms in total. The summed E-state index contributed by atoms with van der Waals surface area (Å²) in [6.07, 6.45) is 1.91. The Morgan fingerprint density at radius 3 is 2.83 bits per heavy atom. The van der Waals surface area contributed by atoms with Crippen molar-refractivity contribution in [2.45, 2.75) is 24.3 Å². The van der Waals surface area contributed by atoms with Crippen LogP contribution in [-0.4, -0.2) is 30.6 Å². The van der Waals surface area contributed by atoms with Crippen LogP contribution in [0.2, 0.25) is 0 Å². The molecule has 6 heteroatoms. The molecule has 4 rings (SSSR count). The lowest BCUT2D eigenvalue weighted by molar-refractivity contribution is 0.0995. The van der Waals surface area contributed by atoms with Gasteiger partial charge < -0.3 is 4.98 Å². The van der Waals surface area contributed by atoms with Crippen molar-refractivity contribution in [1.29, 1.82) is 0 Å². The zero-order valence-corrected chi connectivity index (χ0v) is 14.2. The van der Waals surface area contributed by atoms with Gasteiger partial charge in [-0.25, -0.2) is 0 Å². The van der Waals surface area contributed by atoms with Crippen molar-refractivity contribution < 1.29 is 4.79 Å². The molecule has 0 aliphatic carbocycles. The van der Waals surface area contributed by atoms with Crippen LogP contribution < -0.4 is 0 Å². The van der Waals surface area contributed by atoms with Gasteiger partial charge in [0.05, 0.1) is 5.25 Å². The number of aromatic amines is 1. The van der Waals surface area contributed by atoms with E-state index < -0.39 is 0 Å². The molecular formula is C18H16N4OS. The number of hydrogen-bond acceptors (Lipinski definition) is 4. The molecule has 0 bridgehead atoms. The number of thioether (sulfide) groups is 1. The number of carbonyl (C=O) groups is 1. The predicted octanol–water partition coefficient (Wildman–Crippen LogP) is 3.88. The minimum atomic E-state index is -0.254. The van der Waals surface area contributed by atoms with Gasteiger partial charge in [0.2, 0.25) is 0 Å². The summed E-state index contributed by atoms with van der Waals surface area (Å²) in [6.45, 7) is 3.86. The molecule has 0 spiro atoms. The fourth-order valence-electron chi connectivity index (χ4n) is 2.91. The van der Waals surface area contributed by atoms with Crippen LogP contribution in [0.5, 0.6) is 0 Å². The largest absolute Gasteiger partial charge is 0.358 e. The third-order valence-electron chi connectivity index (χ3n) is 4.07. The fraction of sp³-hybridized carbons (Fsp3) is 0.167. The summed E-state index contributed by atoms with van der Waals surface area (Å²) in [5, 5.41) is 9.78. The first-order valence-corrected chi connectivity index (χ1v) is 8.61. The Bertz CT molecular complexity index is 1050. The number of nitrogens with zero attached hydrogens (tertiary/aromatic N) is 3. The number of aromatic nitrogens is 4. The van der Waals surface area contributed by atoms with Crippen LogP contribution in [0.25, 0.3) is 16.6 Å². The molecule has 4 aromatic rings. The van der Waals surface area contributed by atoms with Gasteiger partial charge in [-0.2, -0.15) is 0 Å². The van der Waals surface area contributed by atoms with E-state index >= 15 is 0 Å². The highest BCUT2D eigenvalue weighted by molar-refractivity contribution is 8.00. The van der Waals surface area contributed by atoms with Crippen LogP contribution in [0.4, 0.5) is 0 Å². The number of H-pyrrole nitrogens is 1. The molecule has 120 valence electrons. The third-order valence-corrected chi connectivity index (χ3v) is 5.13. The number of Topliss-reactive ketones (excluding diaryl/α,β-unsaturated/α-hetero) is 1. The van der Waals surface area contributed by atoms with Crippen molar-refractivity contribution in [3.05, 3.63) is 59.9 Å². The monoisotopic (exact) mass is 336 g/mol. The van der Waals surface area contributed by atoms with E-state index in [1.54, 1.807) is 0 Å². The number of nitrogens with one attached hydrogen (secondary N) is 1. The van der Waals surface area contributed by atoms with Gasteiger partial charge in [0.25, 0.3) is 0 Å². The van der Waals surface area contributed by atoms with Crippen LogP contribution in [0.1, 0.15) is 23.0 Å². The quantitative estimate of drug-likeness (QED) is 0.454. The Kier molecular flexibility index (Phi) is 3.61. The summed E-state index contributed by atoms with van der Waals surface area (Å²) in [4.78, 5) is 16.3. The van der Waals surface area contributed by atoms with E-state index in [2.05, 4.69) is 15.2 Å². The SMILES string of the molecule is Cc1[nH]c2ccccc2c1C(=O)C(C)Sc1nnc2ccccn12. The lowest BCUT2D eigenvalue weighted by atomic mass is 10.1. The smallest absolute Gasteiger partial charge is 0.196 e. The molecule has 0 aliphatic heterocycles. The van der Waals surface area contributed by atoms with Crippen molar-refractivity contribution in [3.63, 3.8) is 0 Å². The number of para-hydroxylation sites is 1. The van der Waals surface area contributed by atoms with E-state index in [1.807, 2.05) is 66.9 Å². The number of carbonyl (C=O) groups excluding carboxylic acids is 1. The number of benzene rings is 1. The van der Waals surface area contributed by atoms with Crippen molar-refractivity contribution in [3.8, 4) is 0 Å². The van der Waals surface area contributed by atoms with Crippen molar-refractivity contribution >= 4 is 34.1 Å². The fourth-order valence-corrected chi connectivity index (χ4v) is 3.81. The molecule has 1 unspecified atom stereocenters. The second-order valence-corrected chi connectivity index (χ2v) is 7.01. The first kappa shape index (κ1) is 15.0. The minimum absolute atomic E-state index is 0.0997. The normalized spacial score (nSPS) is 12.8. The maximum Gasteiger partial charge on any atom is 0.196 e. The first-order valence-electron chi connectivity index (χ1n) is 7.73. The minimum Gasteiger partial charge on any atom is -0.358 e. The summed E-state index contributed by atoms with van der Waals surface area (Å²) in [7, 11) is 0. The van der Waals surface area contributed by atoms with E-state index in [0.717, 1.165) is 33.0 Å². The lowest BCUT2D eigenvalue weighted by Crippen LogP contribution is -2.15. The highest BCUT2D eigenvalue weighted by atomic mass is 32.2. The highest BCUT2D eigenvalue weighted by Crippen LogP contribution is 2.29. The Labute approximate surface area is 143 Å². The van der Waals surface area contributed by atoms with Gasteiger partial charge in [0, 0.05) is 28.4 Å². The van der Waals surface area contributed by atoms with Crippen molar-refractivity contribution in [1.82, 2.24) is 19.6 Å². The van der Waals surface area contributed by atoms with E-state index in [-0.39, 0.29) is 11.0 Å². The van der Waals surface area contributed by atoms with Crippen LogP contribution in [0.3, 0.4) is 0 Å². The average Bonchev–Trinajstić information content (AvgIpc) is 3.14. The standard InChI is InChI=1S/C18H16N4OS/c1-11-16(13-7-3-4-8-14(13)19-11)17(23)12(2)24-18-21-20-15-9-5-6-10-22(15)18/h3-10,12,19H,1-2H3. The Morgan fingerprint density at radius 1 is 1.17 bits per heavy atom. The van der Waals surface area contributed by atoms with Gasteiger partial charge >= 0.3 is 0 Å². The molecule has 24 heavy (non-hydrogen) atoms. The van der Waals surface area contributed by atoms with Gasteiger partial charge in [-0.1, -0.05) is 36.0 Å². The van der Waals surface area contributed by atoms with E-state index in [0.29, 0.717) is 0 Å². The van der Waals surface area contributed by atoms with E-state index in [1.165, 1.54) is 11.8 Å². The van der Waals surface area contributed by atoms with Crippen LogP contribution >= 0.6 is 11.8 Å². The second kappa shape index (κ2) is 5.79. The van der Waals surface area contributed by atoms with Crippen LogP contribution in [-0.2, 0) is 0 Å². The maximum atomic E-state index is 13.0. The molecule has 1 N–H and O–H groups in total. The Balaban J connectivity index is 1.67. The molecule has 0 saturated carbocycles. The zero-order chi connectivity index (χ0) is 16.7. The number of ketones is 1. The second-order valence-electron chi connectivity index (χ2n) is 5.71. The molecule has 3 aromatic heterocycles. The van der Waals surface area contributed by atoms with Gasteiger partial charge in [0.15, 0.2) is 16.6 Å². The summed E-state index contributed by atoms with van der Waals surface area (Å²) < 4.78 is 1.90. The number of pyridine rings is 1.